The summed E-state index contributed by atoms with van der Waals surface area (Å²) in [6, 6.07) is 6.97. The van der Waals surface area contributed by atoms with E-state index in [-0.39, 0.29) is 17.8 Å². The Kier molecular flexibility index (Phi) is 3.75. The second-order valence-corrected chi connectivity index (χ2v) is 7.17. The Bertz CT molecular complexity index is 504. The molecule has 1 aliphatic carbocycles. The van der Waals surface area contributed by atoms with Gasteiger partial charge in [0, 0.05) is 6.54 Å². The van der Waals surface area contributed by atoms with Gasteiger partial charge in [0.1, 0.15) is 0 Å². The predicted molar refractivity (Wildman–Crippen MR) is 70.3 cm³/mol. The molecule has 0 heterocycles. The lowest BCUT2D eigenvalue weighted by molar-refractivity contribution is 0.282. The summed E-state index contributed by atoms with van der Waals surface area (Å²) < 4.78 is 26.4. The first-order valence-corrected chi connectivity index (χ1v) is 7.74. The van der Waals surface area contributed by atoms with Gasteiger partial charge >= 0.3 is 0 Å². The van der Waals surface area contributed by atoms with Crippen molar-refractivity contribution in [3.63, 3.8) is 0 Å². The third-order valence-electron chi connectivity index (χ3n) is 3.38. The Hall–Kier alpha value is -0.910. The van der Waals surface area contributed by atoms with Crippen LogP contribution in [0.25, 0.3) is 0 Å². The molecule has 5 heteroatoms. The normalized spacial score (nSPS) is 17.7. The lowest BCUT2D eigenvalue weighted by atomic mass is 10.2. The van der Waals surface area contributed by atoms with Gasteiger partial charge in [0.05, 0.1) is 12.4 Å². The van der Waals surface area contributed by atoms with Gasteiger partial charge in [-0.1, -0.05) is 31.2 Å². The highest BCUT2D eigenvalue weighted by Crippen LogP contribution is 2.44. The van der Waals surface area contributed by atoms with E-state index < -0.39 is 10.0 Å². The highest BCUT2D eigenvalue weighted by molar-refractivity contribution is 7.88. The summed E-state index contributed by atoms with van der Waals surface area (Å²) in [7, 11) is -3.26. The highest BCUT2D eigenvalue weighted by Gasteiger charge is 2.37. The number of sulfonamides is 1. The fourth-order valence-electron chi connectivity index (χ4n) is 1.69. The molecule has 1 saturated carbocycles. The summed E-state index contributed by atoms with van der Waals surface area (Å²) in [5.74, 6) is -0.00517. The maximum atomic E-state index is 11.9. The first kappa shape index (κ1) is 13.5. The van der Waals surface area contributed by atoms with Gasteiger partial charge in [-0.15, -0.1) is 0 Å². The standard InChI is InChI=1S/C13H19NO3S/c1-13(6-7-13)10-14-18(16,17)9-12-4-2-11(8-15)3-5-12/h2-5,14-15H,6-10H2,1H3. The van der Waals surface area contributed by atoms with Crippen LogP contribution in [0, 0.1) is 5.41 Å². The van der Waals surface area contributed by atoms with Crippen molar-refractivity contribution in [2.75, 3.05) is 6.54 Å². The van der Waals surface area contributed by atoms with Crippen LogP contribution in [-0.4, -0.2) is 20.1 Å². The van der Waals surface area contributed by atoms with Gasteiger partial charge in [-0.3, -0.25) is 0 Å². The predicted octanol–water partition coefficient (Wildman–Crippen LogP) is 1.40. The molecule has 1 aromatic rings. The van der Waals surface area contributed by atoms with Crippen molar-refractivity contribution >= 4 is 10.0 Å². The highest BCUT2D eigenvalue weighted by atomic mass is 32.2. The molecule has 0 aliphatic heterocycles. The summed E-state index contributed by atoms with van der Waals surface area (Å²) in [6.45, 7) is 2.60. The zero-order valence-electron chi connectivity index (χ0n) is 10.5. The second-order valence-electron chi connectivity index (χ2n) is 5.37. The molecule has 0 saturated heterocycles. The largest absolute Gasteiger partial charge is 0.392 e. The van der Waals surface area contributed by atoms with Crippen molar-refractivity contribution in [1.29, 1.82) is 0 Å². The number of benzene rings is 1. The van der Waals surface area contributed by atoms with E-state index in [1.54, 1.807) is 24.3 Å². The first-order chi connectivity index (χ1) is 8.42. The van der Waals surface area contributed by atoms with E-state index in [4.69, 9.17) is 5.11 Å². The molecule has 1 fully saturated rings. The average molecular weight is 269 g/mol. The van der Waals surface area contributed by atoms with Crippen LogP contribution in [0.2, 0.25) is 0 Å². The van der Waals surface area contributed by atoms with E-state index in [2.05, 4.69) is 11.6 Å². The molecule has 4 nitrogen and oxygen atoms in total. The van der Waals surface area contributed by atoms with Crippen LogP contribution in [0.3, 0.4) is 0 Å². The zero-order chi connectivity index (χ0) is 13.2. The summed E-state index contributed by atoms with van der Waals surface area (Å²) in [5.41, 5.74) is 1.70. The van der Waals surface area contributed by atoms with Gasteiger partial charge in [0.2, 0.25) is 10.0 Å². The van der Waals surface area contributed by atoms with Crippen LogP contribution in [0.1, 0.15) is 30.9 Å². The monoisotopic (exact) mass is 269 g/mol. The van der Waals surface area contributed by atoms with Crippen LogP contribution in [0.15, 0.2) is 24.3 Å². The maximum Gasteiger partial charge on any atom is 0.215 e. The van der Waals surface area contributed by atoms with Gasteiger partial charge in [-0.05, 0) is 29.4 Å². The van der Waals surface area contributed by atoms with Crippen molar-refractivity contribution in [3.05, 3.63) is 35.4 Å². The molecule has 1 aromatic carbocycles. The third-order valence-corrected chi connectivity index (χ3v) is 4.68. The Balaban J connectivity index is 1.93. The minimum atomic E-state index is -3.26. The van der Waals surface area contributed by atoms with E-state index in [1.807, 2.05) is 0 Å². The molecule has 0 radical (unpaired) electrons. The smallest absolute Gasteiger partial charge is 0.215 e. The molecule has 100 valence electrons. The Morgan fingerprint density at radius 3 is 2.28 bits per heavy atom. The molecule has 2 rings (SSSR count). The SMILES string of the molecule is CC1(CNS(=O)(=O)Cc2ccc(CO)cc2)CC1. The Morgan fingerprint density at radius 1 is 1.22 bits per heavy atom. The number of aliphatic hydroxyl groups excluding tert-OH is 1. The van der Waals surface area contributed by atoms with Crippen LogP contribution in [-0.2, 0) is 22.4 Å². The summed E-state index contributed by atoms with van der Waals surface area (Å²) >= 11 is 0. The summed E-state index contributed by atoms with van der Waals surface area (Å²) in [5, 5.41) is 8.91. The third kappa shape index (κ3) is 3.80. The Labute approximate surface area is 108 Å². The van der Waals surface area contributed by atoms with Crippen LogP contribution in [0.4, 0.5) is 0 Å². The molecule has 0 unspecified atom stereocenters. The number of hydrogen-bond acceptors (Lipinski definition) is 3. The minimum Gasteiger partial charge on any atom is -0.392 e. The van der Waals surface area contributed by atoms with Crippen molar-refractivity contribution in [1.82, 2.24) is 4.72 Å². The van der Waals surface area contributed by atoms with Crippen molar-refractivity contribution < 1.29 is 13.5 Å². The maximum absolute atomic E-state index is 11.9. The molecule has 1 aliphatic rings. The molecular weight excluding hydrogens is 250 g/mol. The quantitative estimate of drug-likeness (QED) is 0.820. The number of aliphatic hydroxyl groups is 1. The summed E-state index contributed by atoms with van der Waals surface area (Å²) in [6.07, 6.45) is 2.20. The first-order valence-electron chi connectivity index (χ1n) is 6.09. The van der Waals surface area contributed by atoms with Gasteiger partial charge < -0.3 is 5.11 Å². The lowest BCUT2D eigenvalue weighted by Gasteiger charge is -2.11. The van der Waals surface area contributed by atoms with Crippen molar-refractivity contribution in [3.8, 4) is 0 Å². The number of nitrogens with one attached hydrogen (secondary N) is 1. The van der Waals surface area contributed by atoms with E-state index in [9.17, 15) is 8.42 Å². The molecule has 0 bridgehead atoms. The molecule has 2 N–H and O–H groups in total. The van der Waals surface area contributed by atoms with Crippen LogP contribution in [0.5, 0.6) is 0 Å². The molecule has 0 atom stereocenters. The number of hydrogen-bond donors (Lipinski definition) is 2. The lowest BCUT2D eigenvalue weighted by Crippen LogP contribution is -2.30. The van der Waals surface area contributed by atoms with Gasteiger partial charge in [-0.25, -0.2) is 13.1 Å². The minimum absolute atomic E-state index is 0.00517. The Morgan fingerprint density at radius 2 is 1.78 bits per heavy atom. The van der Waals surface area contributed by atoms with Crippen molar-refractivity contribution in [2.24, 2.45) is 5.41 Å². The van der Waals surface area contributed by atoms with Crippen LogP contribution < -0.4 is 4.72 Å². The van der Waals surface area contributed by atoms with E-state index >= 15 is 0 Å². The molecular formula is C13H19NO3S. The van der Waals surface area contributed by atoms with E-state index in [1.165, 1.54) is 0 Å². The van der Waals surface area contributed by atoms with E-state index in [0.29, 0.717) is 6.54 Å². The number of rotatable bonds is 6. The van der Waals surface area contributed by atoms with Crippen LogP contribution >= 0.6 is 0 Å². The zero-order valence-corrected chi connectivity index (χ0v) is 11.3. The van der Waals surface area contributed by atoms with Gasteiger partial charge in [0.15, 0.2) is 0 Å². The topological polar surface area (TPSA) is 66.4 Å². The average Bonchev–Trinajstić information content (AvgIpc) is 3.07. The fraction of sp³-hybridized carbons (Fsp3) is 0.538. The second kappa shape index (κ2) is 4.99. The molecule has 18 heavy (non-hydrogen) atoms. The van der Waals surface area contributed by atoms with Gasteiger partial charge in [0.25, 0.3) is 0 Å². The summed E-state index contributed by atoms with van der Waals surface area (Å²) in [4.78, 5) is 0. The van der Waals surface area contributed by atoms with Gasteiger partial charge in [-0.2, -0.15) is 0 Å². The fourth-order valence-corrected chi connectivity index (χ4v) is 2.99. The molecule has 0 aromatic heterocycles. The van der Waals surface area contributed by atoms with Crippen molar-refractivity contribution in [2.45, 2.75) is 32.1 Å². The van der Waals surface area contributed by atoms with E-state index in [0.717, 1.165) is 24.0 Å². The molecule has 0 spiro atoms. The molecule has 0 amide bonds.